The van der Waals surface area contributed by atoms with Crippen molar-refractivity contribution in [1.82, 2.24) is 4.72 Å². The van der Waals surface area contributed by atoms with Crippen LogP contribution < -0.4 is 9.46 Å². The van der Waals surface area contributed by atoms with Gasteiger partial charge in [0.1, 0.15) is 25.5 Å². The van der Waals surface area contributed by atoms with Gasteiger partial charge in [-0.3, -0.25) is 4.79 Å². The molecule has 0 spiro atoms. The molecule has 0 heterocycles. The standard InChI is InChI=1S/C17H18BrNO5S/c1-13-5-2-3-8-16(13)23-9-10-24-17(20)12-19-25(21,22)15-7-4-6-14(18)11-15/h2-8,11,19H,9-10,12H2,1H3. The Kier molecular flexibility index (Phi) is 6.98. The maximum absolute atomic E-state index is 12.1. The van der Waals surface area contributed by atoms with Gasteiger partial charge in [-0.1, -0.05) is 40.2 Å². The molecule has 134 valence electrons. The number of rotatable bonds is 8. The van der Waals surface area contributed by atoms with Crippen LogP contribution in [0.1, 0.15) is 5.56 Å². The highest BCUT2D eigenvalue weighted by molar-refractivity contribution is 9.10. The number of para-hydroxylation sites is 1. The number of nitrogens with one attached hydrogen (secondary N) is 1. The number of carbonyl (C=O) groups is 1. The highest BCUT2D eigenvalue weighted by Crippen LogP contribution is 2.16. The molecule has 0 atom stereocenters. The summed E-state index contributed by atoms with van der Waals surface area (Å²) in [4.78, 5) is 11.7. The second kappa shape index (κ2) is 8.98. The van der Waals surface area contributed by atoms with Crippen molar-refractivity contribution in [3.8, 4) is 5.75 Å². The van der Waals surface area contributed by atoms with Crippen LogP contribution in [0, 0.1) is 6.92 Å². The molecule has 0 aliphatic carbocycles. The predicted molar refractivity (Wildman–Crippen MR) is 97.0 cm³/mol. The van der Waals surface area contributed by atoms with Gasteiger partial charge in [0.05, 0.1) is 4.90 Å². The van der Waals surface area contributed by atoms with E-state index in [0.717, 1.165) is 5.56 Å². The summed E-state index contributed by atoms with van der Waals surface area (Å²) < 4.78 is 37.4. The van der Waals surface area contributed by atoms with Crippen molar-refractivity contribution in [2.24, 2.45) is 0 Å². The lowest BCUT2D eigenvalue weighted by atomic mass is 10.2. The highest BCUT2D eigenvalue weighted by Gasteiger charge is 2.16. The van der Waals surface area contributed by atoms with Gasteiger partial charge in [-0.15, -0.1) is 0 Å². The van der Waals surface area contributed by atoms with E-state index in [4.69, 9.17) is 9.47 Å². The SMILES string of the molecule is Cc1ccccc1OCCOC(=O)CNS(=O)(=O)c1cccc(Br)c1. The van der Waals surface area contributed by atoms with Gasteiger partial charge in [0.25, 0.3) is 0 Å². The largest absolute Gasteiger partial charge is 0.490 e. The zero-order valence-electron chi connectivity index (χ0n) is 13.6. The van der Waals surface area contributed by atoms with Crippen molar-refractivity contribution in [2.75, 3.05) is 19.8 Å². The van der Waals surface area contributed by atoms with Gasteiger partial charge < -0.3 is 9.47 Å². The number of carbonyl (C=O) groups excluding carboxylic acids is 1. The Bertz CT molecular complexity index is 838. The van der Waals surface area contributed by atoms with E-state index in [1.54, 1.807) is 12.1 Å². The second-order valence-corrected chi connectivity index (χ2v) is 7.80. The van der Waals surface area contributed by atoms with E-state index in [2.05, 4.69) is 20.7 Å². The quantitative estimate of drug-likeness (QED) is 0.517. The molecule has 0 bridgehead atoms. The van der Waals surface area contributed by atoms with Crippen LogP contribution in [0.15, 0.2) is 57.9 Å². The van der Waals surface area contributed by atoms with Crippen LogP contribution in [-0.2, 0) is 19.6 Å². The van der Waals surface area contributed by atoms with Gasteiger partial charge in [0.2, 0.25) is 10.0 Å². The molecule has 2 aromatic carbocycles. The van der Waals surface area contributed by atoms with Crippen LogP contribution in [0.3, 0.4) is 0 Å². The predicted octanol–water partition coefficient (Wildman–Crippen LogP) is 2.66. The molecule has 0 radical (unpaired) electrons. The lowest BCUT2D eigenvalue weighted by Gasteiger charge is -2.10. The number of hydrogen-bond acceptors (Lipinski definition) is 5. The fourth-order valence-electron chi connectivity index (χ4n) is 1.95. The minimum absolute atomic E-state index is 0.0335. The zero-order valence-corrected chi connectivity index (χ0v) is 16.0. The average Bonchev–Trinajstić information content (AvgIpc) is 2.58. The first kappa shape index (κ1) is 19.4. The Balaban J connectivity index is 1.74. The minimum atomic E-state index is -3.77. The first-order chi connectivity index (χ1) is 11.9. The fraction of sp³-hybridized carbons (Fsp3) is 0.235. The Morgan fingerprint density at radius 1 is 1.12 bits per heavy atom. The summed E-state index contributed by atoms with van der Waals surface area (Å²) in [5.74, 6) is 0.0425. The van der Waals surface area contributed by atoms with Gasteiger partial charge in [-0.05, 0) is 36.8 Å². The molecule has 2 rings (SSSR count). The summed E-state index contributed by atoms with van der Waals surface area (Å²) in [6.45, 7) is 1.69. The molecule has 0 fully saturated rings. The zero-order chi connectivity index (χ0) is 18.3. The van der Waals surface area contributed by atoms with Crippen LogP contribution in [0.2, 0.25) is 0 Å². The van der Waals surface area contributed by atoms with Crippen LogP contribution >= 0.6 is 15.9 Å². The van der Waals surface area contributed by atoms with Crippen molar-refractivity contribution < 1.29 is 22.7 Å². The van der Waals surface area contributed by atoms with Gasteiger partial charge in [-0.2, -0.15) is 4.72 Å². The molecule has 0 aromatic heterocycles. The monoisotopic (exact) mass is 427 g/mol. The highest BCUT2D eigenvalue weighted by atomic mass is 79.9. The number of hydrogen-bond donors (Lipinski definition) is 1. The fourth-order valence-corrected chi connectivity index (χ4v) is 3.51. The summed E-state index contributed by atoms with van der Waals surface area (Å²) in [5, 5.41) is 0. The van der Waals surface area contributed by atoms with Gasteiger partial charge in [-0.25, -0.2) is 8.42 Å². The molecule has 6 nitrogen and oxygen atoms in total. The Labute approximate surface area is 155 Å². The summed E-state index contributed by atoms with van der Waals surface area (Å²) >= 11 is 3.20. The molecular weight excluding hydrogens is 410 g/mol. The number of esters is 1. The van der Waals surface area contributed by atoms with E-state index in [-0.39, 0.29) is 18.1 Å². The van der Waals surface area contributed by atoms with Crippen LogP contribution in [0.5, 0.6) is 5.75 Å². The number of aryl methyl sites for hydroxylation is 1. The van der Waals surface area contributed by atoms with E-state index in [9.17, 15) is 13.2 Å². The topological polar surface area (TPSA) is 81.7 Å². The first-order valence-corrected chi connectivity index (χ1v) is 9.75. The van der Waals surface area contributed by atoms with E-state index >= 15 is 0 Å². The van der Waals surface area contributed by atoms with Gasteiger partial charge >= 0.3 is 5.97 Å². The number of halogens is 1. The summed E-state index contributed by atoms with van der Waals surface area (Å²) in [5.41, 5.74) is 0.982. The Hall–Kier alpha value is -1.90. The normalized spacial score (nSPS) is 11.1. The third-order valence-electron chi connectivity index (χ3n) is 3.21. The molecule has 0 aliphatic rings. The molecule has 0 aliphatic heterocycles. The number of benzene rings is 2. The van der Waals surface area contributed by atoms with Crippen molar-refractivity contribution >= 4 is 31.9 Å². The van der Waals surface area contributed by atoms with Gasteiger partial charge in [0, 0.05) is 4.47 Å². The molecule has 0 amide bonds. The first-order valence-electron chi connectivity index (χ1n) is 7.48. The van der Waals surface area contributed by atoms with E-state index in [1.165, 1.54) is 12.1 Å². The summed E-state index contributed by atoms with van der Waals surface area (Å²) in [6, 6.07) is 13.7. The average molecular weight is 428 g/mol. The van der Waals surface area contributed by atoms with E-state index < -0.39 is 22.5 Å². The van der Waals surface area contributed by atoms with E-state index in [1.807, 2.05) is 31.2 Å². The van der Waals surface area contributed by atoms with Crippen molar-refractivity contribution in [1.29, 1.82) is 0 Å². The van der Waals surface area contributed by atoms with Crippen molar-refractivity contribution in [2.45, 2.75) is 11.8 Å². The lowest BCUT2D eigenvalue weighted by molar-refractivity contribution is -0.142. The lowest BCUT2D eigenvalue weighted by Crippen LogP contribution is -2.31. The van der Waals surface area contributed by atoms with Gasteiger partial charge in [0.15, 0.2) is 0 Å². The van der Waals surface area contributed by atoms with Crippen LogP contribution in [-0.4, -0.2) is 34.1 Å². The third-order valence-corrected chi connectivity index (χ3v) is 5.10. The third kappa shape index (κ3) is 6.15. The number of ether oxygens (including phenoxy) is 2. The maximum atomic E-state index is 12.1. The molecule has 25 heavy (non-hydrogen) atoms. The smallest absolute Gasteiger partial charge is 0.321 e. The second-order valence-electron chi connectivity index (χ2n) is 5.12. The molecule has 0 saturated carbocycles. The van der Waals surface area contributed by atoms with Crippen molar-refractivity contribution in [3.63, 3.8) is 0 Å². The molecule has 0 saturated heterocycles. The summed E-state index contributed by atoms with van der Waals surface area (Å²) in [6.07, 6.45) is 0. The van der Waals surface area contributed by atoms with Crippen LogP contribution in [0.4, 0.5) is 0 Å². The molecule has 8 heteroatoms. The molecule has 1 N–H and O–H groups in total. The molecule has 0 unspecified atom stereocenters. The number of sulfonamides is 1. The Morgan fingerprint density at radius 3 is 2.60 bits per heavy atom. The van der Waals surface area contributed by atoms with E-state index in [0.29, 0.717) is 10.2 Å². The molecule has 2 aromatic rings. The van der Waals surface area contributed by atoms with Crippen LogP contribution in [0.25, 0.3) is 0 Å². The van der Waals surface area contributed by atoms with Crippen molar-refractivity contribution in [3.05, 3.63) is 58.6 Å². The Morgan fingerprint density at radius 2 is 1.88 bits per heavy atom. The maximum Gasteiger partial charge on any atom is 0.321 e. The summed E-state index contributed by atoms with van der Waals surface area (Å²) in [7, 11) is -3.77. The molecular formula is C17H18BrNO5S. The minimum Gasteiger partial charge on any atom is -0.490 e.